The van der Waals surface area contributed by atoms with Gasteiger partial charge in [-0.2, -0.15) is 4.98 Å². The molecule has 1 aromatic carbocycles. The number of nitrogens with one attached hydrogen (secondary N) is 1. The van der Waals surface area contributed by atoms with Crippen LogP contribution in [-0.4, -0.2) is 39.7 Å². The van der Waals surface area contributed by atoms with E-state index in [4.69, 9.17) is 0 Å². The van der Waals surface area contributed by atoms with Gasteiger partial charge in [0.1, 0.15) is 16.1 Å². The van der Waals surface area contributed by atoms with Crippen molar-refractivity contribution in [3.05, 3.63) is 34.6 Å². The topological polar surface area (TPSA) is 71.0 Å². The van der Waals surface area contributed by atoms with Gasteiger partial charge in [0.05, 0.1) is 11.4 Å². The van der Waals surface area contributed by atoms with Crippen molar-refractivity contribution in [2.24, 2.45) is 0 Å². The second-order valence-electron chi connectivity index (χ2n) is 6.34. The molecule has 0 aliphatic carbocycles. The van der Waals surface area contributed by atoms with E-state index >= 15 is 0 Å². The lowest BCUT2D eigenvalue weighted by Gasteiger charge is -2.11. The number of carbonyl (C=O) groups excluding carboxylic acids is 1. The number of thioether (sulfide) groups is 1. The summed E-state index contributed by atoms with van der Waals surface area (Å²) in [6.45, 7) is 4.10. The molecule has 6 nitrogen and oxygen atoms in total. The van der Waals surface area contributed by atoms with Crippen molar-refractivity contribution in [3.8, 4) is 0 Å². The highest BCUT2D eigenvalue weighted by Crippen LogP contribution is 2.35. The number of fused-ring (bicyclic) bond motifs is 1. The molecule has 1 aliphatic heterocycles. The van der Waals surface area contributed by atoms with Crippen molar-refractivity contribution in [3.63, 3.8) is 0 Å². The Hall–Kier alpha value is -1.71. The zero-order valence-electron chi connectivity index (χ0n) is 14.7. The zero-order chi connectivity index (χ0) is 18.8. The molecular weight excluding hydrogens is 446 g/mol. The molecule has 0 bridgehead atoms. The molecule has 0 unspecified atom stereocenters. The van der Waals surface area contributed by atoms with Crippen LogP contribution in [0.5, 0.6) is 0 Å². The molecular formula is C18H18BrN5OS2. The molecule has 9 heteroatoms. The minimum Gasteiger partial charge on any atom is -0.348 e. The summed E-state index contributed by atoms with van der Waals surface area (Å²) in [5, 5.41) is 4.74. The van der Waals surface area contributed by atoms with Gasteiger partial charge in [-0.25, -0.2) is 9.97 Å². The molecule has 1 fully saturated rings. The summed E-state index contributed by atoms with van der Waals surface area (Å²) in [7, 11) is 0. The first-order chi connectivity index (χ1) is 13.1. The lowest BCUT2D eigenvalue weighted by molar-refractivity contribution is -0.113. The van der Waals surface area contributed by atoms with Gasteiger partial charge in [-0.15, -0.1) is 0 Å². The Balaban J connectivity index is 1.45. The first kappa shape index (κ1) is 18.6. The van der Waals surface area contributed by atoms with E-state index in [9.17, 15) is 4.79 Å². The predicted octanol–water partition coefficient (Wildman–Crippen LogP) is 4.49. The molecule has 140 valence electrons. The van der Waals surface area contributed by atoms with Crippen LogP contribution >= 0.6 is 39.0 Å². The van der Waals surface area contributed by atoms with E-state index in [2.05, 4.69) is 41.1 Å². The number of hydrogen-bond donors (Lipinski definition) is 1. The Morgan fingerprint density at radius 3 is 2.93 bits per heavy atom. The van der Waals surface area contributed by atoms with Crippen molar-refractivity contribution >= 4 is 66.1 Å². The minimum atomic E-state index is -0.0689. The van der Waals surface area contributed by atoms with Crippen molar-refractivity contribution in [1.82, 2.24) is 15.0 Å². The summed E-state index contributed by atoms with van der Waals surface area (Å²) in [5.74, 6) is 0.212. The SMILES string of the molecule is Cc1ccc(NC(=O)CSc2ncnc3nc(N4CCCC4)sc23)c(Br)c1. The van der Waals surface area contributed by atoms with Crippen LogP contribution in [0.1, 0.15) is 18.4 Å². The Kier molecular flexibility index (Phi) is 5.60. The molecule has 1 aliphatic rings. The van der Waals surface area contributed by atoms with Gasteiger partial charge < -0.3 is 10.2 Å². The Labute approximate surface area is 173 Å². The van der Waals surface area contributed by atoms with Crippen LogP contribution in [0.3, 0.4) is 0 Å². The van der Waals surface area contributed by atoms with Crippen LogP contribution < -0.4 is 10.2 Å². The highest BCUT2D eigenvalue weighted by atomic mass is 79.9. The van der Waals surface area contributed by atoms with Crippen LogP contribution in [0, 0.1) is 6.92 Å². The monoisotopic (exact) mass is 463 g/mol. The molecule has 2 aromatic heterocycles. The predicted molar refractivity (Wildman–Crippen MR) is 115 cm³/mol. The molecule has 4 rings (SSSR count). The summed E-state index contributed by atoms with van der Waals surface area (Å²) in [4.78, 5) is 28.0. The van der Waals surface area contributed by atoms with Gasteiger partial charge >= 0.3 is 0 Å². The Morgan fingerprint density at radius 2 is 2.15 bits per heavy atom. The fraction of sp³-hybridized carbons (Fsp3) is 0.333. The average molecular weight is 464 g/mol. The van der Waals surface area contributed by atoms with E-state index in [0.717, 1.165) is 43.7 Å². The van der Waals surface area contributed by atoms with E-state index in [1.54, 1.807) is 11.3 Å². The van der Waals surface area contributed by atoms with Crippen LogP contribution in [-0.2, 0) is 4.79 Å². The van der Waals surface area contributed by atoms with Gasteiger partial charge in [-0.05, 0) is 53.4 Å². The number of anilines is 2. The number of benzene rings is 1. The second-order valence-corrected chi connectivity index (χ2v) is 9.14. The Bertz CT molecular complexity index is 987. The van der Waals surface area contributed by atoms with E-state index < -0.39 is 0 Å². The number of rotatable bonds is 5. The number of halogens is 1. The quantitative estimate of drug-likeness (QED) is 0.443. The summed E-state index contributed by atoms with van der Waals surface area (Å²) < 4.78 is 1.83. The highest BCUT2D eigenvalue weighted by molar-refractivity contribution is 9.10. The van der Waals surface area contributed by atoms with E-state index in [0.29, 0.717) is 5.65 Å². The van der Waals surface area contributed by atoms with Crippen LogP contribution in [0.25, 0.3) is 10.3 Å². The largest absolute Gasteiger partial charge is 0.348 e. The average Bonchev–Trinajstić information content (AvgIpc) is 3.31. The lowest BCUT2D eigenvalue weighted by atomic mass is 10.2. The smallest absolute Gasteiger partial charge is 0.234 e. The third-order valence-corrected chi connectivity index (χ3v) is 7.15. The molecule has 0 atom stereocenters. The van der Waals surface area contributed by atoms with Crippen molar-refractivity contribution < 1.29 is 4.79 Å². The van der Waals surface area contributed by atoms with Gasteiger partial charge in [0.15, 0.2) is 10.8 Å². The maximum atomic E-state index is 12.4. The van der Waals surface area contributed by atoms with Crippen LogP contribution in [0.4, 0.5) is 10.8 Å². The molecule has 0 radical (unpaired) electrons. The maximum Gasteiger partial charge on any atom is 0.234 e. The van der Waals surface area contributed by atoms with Gasteiger partial charge in [-0.1, -0.05) is 29.2 Å². The number of nitrogens with zero attached hydrogens (tertiary/aromatic N) is 4. The maximum absolute atomic E-state index is 12.4. The molecule has 3 heterocycles. The third-order valence-electron chi connectivity index (χ3n) is 4.26. The number of amides is 1. The van der Waals surface area contributed by atoms with E-state index in [1.165, 1.54) is 30.9 Å². The van der Waals surface area contributed by atoms with Crippen molar-refractivity contribution in [2.45, 2.75) is 24.8 Å². The summed E-state index contributed by atoms with van der Waals surface area (Å²) >= 11 is 6.51. The number of carbonyl (C=O) groups is 1. The van der Waals surface area contributed by atoms with Crippen molar-refractivity contribution in [1.29, 1.82) is 0 Å². The zero-order valence-corrected chi connectivity index (χ0v) is 18.0. The molecule has 3 aromatic rings. The number of hydrogen-bond acceptors (Lipinski definition) is 7. The number of aromatic nitrogens is 3. The standard InChI is InChI=1S/C18H18BrN5OS2/c1-11-4-5-13(12(19)8-11)22-14(25)9-26-17-15-16(20-10-21-17)23-18(27-15)24-6-2-3-7-24/h4-5,8,10H,2-3,6-7,9H2,1H3,(H,22,25). The second kappa shape index (κ2) is 8.12. The third kappa shape index (κ3) is 4.25. The molecule has 0 spiro atoms. The van der Waals surface area contributed by atoms with E-state index in [-0.39, 0.29) is 11.7 Å². The van der Waals surface area contributed by atoms with Crippen molar-refractivity contribution in [2.75, 3.05) is 29.1 Å². The van der Waals surface area contributed by atoms with Gasteiger partial charge in [-0.3, -0.25) is 4.79 Å². The van der Waals surface area contributed by atoms with Crippen LogP contribution in [0.2, 0.25) is 0 Å². The normalized spacial score (nSPS) is 14.1. The molecule has 1 saturated heterocycles. The van der Waals surface area contributed by atoms with Gasteiger partial charge in [0.25, 0.3) is 0 Å². The fourth-order valence-corrected chi connectivity index (χ4v) is 5.44. The van der Waals surface area contributed by atoms with E-state index in [1.807, 2.05) is 25.1 Å². The molecule has 0 saturated carbocycles. The highest BCUT2D eigenvalue weighted by Gasteiger charge is 2.19. The lowest BCUT2D eigenvalue weighted by Crippen LogP contribution is -2.16. The number of aryl methyl sites for hydroxylation is 1. The molecule has 27 heavy (non-hydrogen) atoms. The minimum absolute atomic E-state index is 0.0689. The van der Waals surface area contributed by atoms with Gasteiger partial charge in [0, 0.05) is 17.6 Å². The summed E-state index contributed by atoms with van der Waals surface area (Å²) in [6, 6.07) is 5.85. The molecule has 1 N–H and O–H groups in total. The summed E-state index contributed by atoms with van der Waals surface area (Å²) in [6.07, 6.45) is 3.93. The molecule has 1 amide bonds. The fourth-order valence-electron chi connectivity index (χ4n) is 2.91. The number of thiazole rings is 1. The first-order valence-corrected chi connectivity index (χ1v) is 11.2. The first-order valence-electron chi connectivity index (χ1n) is 8.65. The van der Waals surface area contributed by atoms with Gasteiger partial charge in [0.2, 0.25) is 5.91 Å². The summed E-state index contributed by atoms with van der Waals surface area (Å²) in [5.41, 5.74) is 2.62. The van der Waals surface area contributed by atoms with Crippen LogP contribution in [0.15, 0.2) is 34.0 Å². The Morgan fingerprint density at radius 1 is 1.33 bits per heavy atom.